The average Bonchev–Trinajstić information content (AvgIpc) is 3.37. The van der Waals surface area contributed by atoms with Crippen LogP contribution in [-0.2, 0) is 29.1 Å². The number of phenolic OH excluding ortho intramolecular Hbond substituents is 1. The standard InChI is InChI=1S/C35H36N6O4/c1-2-18-39(35(45)37-20-25-12-16-29(42)17-13-25)40-23-33(43)41-31(19-24-10-14-28(36)15-11-24)34(44)38(22-32(40)41)21-27-8-5-7-26-6-3-4-9-30(26)27/h2-17,31-32,42H,1,18-23,36H2,(H,37,45)/t31-,32+/m0/s1. The maximum atomic E-state index is 14.2. The van der Waals surface area contributed by atoms with Gasteiger partial charge in [0.2, 0.25) is 11.8 Å². The van der Waals surface area contributed by atoms with Gasteiger partial charge >= 0.3 is 6.03 Å². The van der Waals surface area contributed by atoms with Crippen molar-refractivity contribution in [2.45, 2.75) is 31.7 Å². The minimum Gasteiger partial charge on any atom is -0.508 e. The molecule has 0 saturated carbocycles. The number of carbonyl (C=O) groups is 3. The highest BCUT2D eigenvalue weighted by Gasteiger charge is 2.52. The zero-order chi connectivity index (χ0) is 31.5. The molecule has 10 nitrogen and oxygen atoms in total. The number of fused-ring (bicyclic) bond motifs is 2. The molecule has 2 saturated heterocycles. The van der Waals surface area contributed by atoms with Crippen LogP contribution >= 0.6 is 0 Å². The Morgan fingerprint density at radius 3 is 2.44 bits per heavy atom. The third-order valence-electron chi connectivity index (χ3n) is 8.44. The number of nitrogen functional groups attached to an aromatic ring is 1. The van der Waals surface area contributed by atoms with Crippen molar-refractivity contribution in [3.05, 3.63) is 120 Å². The third-order valence-corrected chi connectivity index (χ3v) is 8.44. The Morgan fingerprint density at radius 1 is 0.978 bits per heavy atom. The minimum atomic E-state index is -0.759. The molecule has 230 valence electrons. The monoisotopic (exact) mass is 604 g/mol. The molecule has 45 heavy (non-hydrogen) atoms. The number of nitrogens with zero attached hydrogens (tertiary/aromatic N) is 4. The van der Waals surface area contributed by atoms with Crippen molar-refractivity contribution in [1.29, 1.82) is 0 Å². The van der Waals surface area contributed by atoms with Gasteiger partial charge < -0.3 is 26.0 Å². The Hall–Kier alpha value is -5.35. The van der Waals surface area contributed by atoms with E-state index in [-0.39, 0.29) is 43.7 Å². The summed E-state index contributed by atoms with van der Waals surface area (Å²) in [6.45, 7) is 4.77. The Morgan fingerprint density at radius 2 is 1.69 bits per heavy atom. The first kappa shape index (κ1) is 29.7. The fraction of sp³-hybridized carbons (Fsp3) is 0.229. The van der Waals surface area contributed by atoms with Crippen molar-refractivity contribution in [3.63, 3.8) is 0 Å². The van der Waals surface area contributed by atoms with E-state index in [1.807, 2.05) is 54.6 Å². The smallest absolute Gasteiger partial charge is 0.332 e. The maximum Gasteiger partial charge on any atom is 0.332 e. The van der Waals surface area contributed by atoms with Crippen molar-refractivity contribution in [2.24, 2.45) is 0 Å². The van der Waals surface area contributed by atoms with E-state index in [1.54, 1.807) is 57.3 Å². The van der Waals surface area contributed by atoms with Gasteiger partial charge in [-0.1, -0.05) is 72.8 Å². The van der Waals surface area contributed by atoms with Crippen LogP contribution in [0.25, 0.3) is 10.8 Å². The number of nitrogens with two attached hydrogens (primary N) is 1. The number of anilines is 1. The van der Waals surface area contributed by atoms with Gasteiger partial charge in [0.1, 0.15) is 18.0 Å². The molecule has 0 aliphatic carbocycles. The van der Waals surface area contributed by atoms with Crippen molar-refractivity contribution < 1.29 is 19.5 Å². The van der Waals surface area contributed by atoms with Crippen LogP contribution in [0.2, 0.25) is 0 Å². The van der Waals surface area contributed by atoms with E-state index in [0.29, 0.717) is 18.7 Å². The van der Waals surface area contributed by atoms with Gasteiger partial charge in [0.25, 0.3) is 0 Å². The Balaban J connectivity index is 1.31. The molecule has 2 aliphatic rings. The second-order valence-electron chi connectivity index (χ2n) is 11.4. The summed E-state index contributed by atoms with van der Waals surface area (Å²) < 4.78 is 0. The number of urea groups is 1. The van der Waals surface area contributed by atoms with E-state index >= 15 is 0 Å². The summed E-state index contributed by atoms with van der Waals surface area (Å²) in [5, 5.41) is 17.9. The number of benzene rings is 4. The van der Waals surface area contributed by atoms with E-state index in [1.165, 1.54) is 5.01 Å². The first-order valence-electron chi connectivity index (χ1n) is 14.9. The molecule has 4 amide bonds. The molecule has 0 aromatic heterocycles. The molecule has 6 rings (SSSR count). The fourth-order valence-corrected chi connectivity index (χ4v) is 6.21. The molecule has 4 aromatic carbocycles. The minimum absolute atomic E-state index is 0.0568. The van der Waals surface area contributed by atoms with Gasteiger partial charge in [-0.3, -0.25) is 14.6 Å². The molecule has 0 bridgehead atoms. The van der Waals surface area contributed by atoms with Gasteiger partial charge in [0, 0.05) is 25.2 Å². The number of carbonyl (C=O) groups excluding carboxylic acids is 3. The van der Waals surface area contributed by atoms with Crippen LogP contribution in [0.4, 0.5) is 10.5 Å². The molecule has 2 atom stereocenters. The van der Waals surface area contributed by atoms with Crippen molar-refractivity contribution in [3.8, 4) is 5.75 Å². The molecule has 0 radical (unpaired) electrons. The van der Waals surface area contributed by atoms with Crippen LogP contribution in [0.5, 0.6) is 5.75 Å². The highest BCUT2D eigenvalue weighted by atomic mass is 16.3. The summed E-state index contributed by atoms with van der Waals surface area (Å²) in [6.07, 6.45) is 1.36. The van der Waals surface area contributed by atoms with Crippen molar-refractivity contribution in [2.75, 3.05) is 25.4 Å². The lowest BCUT2D eigenvalue weighted by atomic mass is 9.99. The quantitative estimate of drug-likeness (QED) is 0.197. The zero-order valence-corrected chi connectivity index (χ0v) is 24.9. The van der Waals surface area contributed by atoms with Crippen LogP contribution < -0.4 is 11.1 Å². The van der Waals surface area contributed by atoms with Crippen LogP contribution in [0.1, 0.15) is 16.7 Å². The lowest BCUT2D eigenvalue weighted by Crippen LogP contribution is -2.66. The first-order valence-corrected chi connectivity index (χ1v) is 14.9. The van der Waals surface area contributed by atoms with E-state index in [0.717, 1.165) is 27.5 Å². The second kappa shape index (κ2) is 12.7. The predicted octanol–water partition coefficient (Wildman–Crippen LogP) is 3.86. The van der Waals surface area contributed by atoms with Gasteiger partial charge in [0.15, 0.2) is 0 Å². The van der Waals surface area contributed by atoms with Crippen LogP contribution in [0.15, 0.2) is 104 Å². The maximum absolute atomic E-state index is 14.2. The fourth-order valence-electron chi connectivity index (χ4n) is 6.21. The van der Waals surface area contributed by atoms with Gasteiger partial charge in [-0.05, 0) is 51.7 Å². The van der Waals surface area contributed by atoms with E-state index in [9.17, 15) is 19.5 Å². The molecular weight excluding hydrogens is 568 g/mol. The number of amides is 4. The van der Waals surface area contributed by atoms with E-state index in [4.69, 9.17) is 5.73 Å². The normalized spacial score (nSPS) is 18.2. The Labute approximate surface area is 261 Å². The largest absolute Gasteiger partial charge is 0.508 e. The highest BCUT2D eigenvalue weighted by molar-refractivity contribution is 5.92. The van der Waals surface area contributed by atoms with E-state index < -0.39 is 18.2 Å². The lowest BCUT2D eigenvalue weighted by molar-refractivity contribution is -0.157. The number of hydrazine groups is 1. The predicted molar refractivity (Wildman–Crippen MR) is 172 cm³/mol. The summed E-state index contributed by atoms with van der Waals surface area (Å²) in [7, 11) is 0. The van der Waals surface area contributed by atoms with Gasteiger partial charge in [0.05, 0.1) is 19.6 Å². The third kappa shape index (κ3) is 6.18. The number of hydrogen-bond donors (Lipinski definition) is 3. The van der Waals surface area contributed by atoms with Gasteiger partial charge in [-0.15, -0.1) is 6.58 Å². The van der Waals surface area contributed by atoms with Crippen LogP contribution in [-0.4, -0.2) is 74.6 Å². The molecule has 4 N–H and O–H groups in total. The molecule has 2 fully saturated rings. The molecule has 4 aromatic rings. The van der Waals surface area contributed by atoms with Crippen LogP contribution in [0, 0.1) is 0 Å². The van der Waals surface area contributed by atoms with E-state index in [2.05, 4.69) is 11.9 Å². The summed E-state index contributed by atoms with van der Waals surface area (Å²) in [6, 6.07) is 26.9. The number of phenols is 1. The van der Waals surface area contributed by atoms with Gasteiger partial charge in [-0.25, -0.2) is 4.79 Å². The molecule has 2 aliphatic heterocycles. The van der Waals surface area contributed by atoms with Crippen molar-refractivity contribution >= 4 is 34.3 Å². The molecule has 0 unspecified atom stereocenters. The molecular formula is C35H36N6O4. The Bertz CT molecular complexity index is 1720. The SMILES string of the molecule is C=CCN(C(=O)NCc1ccc(O)cc1)N1CC(=O)N2[C@@H](Cc3ccc(N)cc3)C(=O)N(Cc3cccc4ccccc34)C[C@@H]21. The van der Waals surface area contributed by atoms with Crippen LogP contribution in [0.3, 0.4) is 0 Å². The second-order valence-corrected chi connectivity index (χ2v) is 11.4. The van der Waals surface area contributed by atoms with Gasteiger partial charge in [-0.2, -0.15) is 5.01 Å². The summed E-state index contributed by atoms with van der Waals surface area (Å²) >= 11 is 0. The number of hydrogen-bond acceptors (Lipinski definition) is 6. The van der Waals surface area contributed by atoms with Crippen molar-refractivity contribution in [1.82, 2.24) is 25.1 Å². The topological polar surface area (TPSA) is 122 Å². The number of aromatic hydroxyl groups is 1. The molecule has 0 spiro atoms. The highest BCUT2D eigenvalue weighted by Crippen LogP contribution is 2.31. The number of piperazine rings is 1. The zero-order valence-electron chi connectivity index (χ0n) is 24.9. The Kier molecular flexibility index (Phi) is 8.39. The summed E-state index contributed by atoms with van der Waals surface area (Å²) in [4.78, 5) is 44.9. The number of rotatable bonds is 9. The lowest BCUT2D eigenvalue weighted by Gasteiger charge is -2.46. The molecule has 2 heterocycles. The number of nitrogens with one attached hydrogen (secondary N) is 1. The average molecular weight is 605 g/mol. The first-order chi connectivity index (χ1) is 21.8. The molecule has 10 heteroatoms. The summed E-state index contributed by atoms with van der Waals surface area (Å²) in [5.74, 6) is -0.222. The summed E-state index contributed by atoms with van der Waals surface area (Å²) in [5.41, 5.74) is 9.23.